The van der Waals surface area contributed by atoms with Crippen LogP contribution >= 0.6 is 0 Å². The number of ether oxygens (including phenoxy) is 2. The van der Waals surface area contributed by atoms with E-state index in [9.17, 15) is 4.79 Å². The maximum atomic E-state index is 11.3. The van der Waals surface area contributed by atoms with Crippen molar-refractivity contribution in [3.05, 3.63) is 29.8 Å². The van der Waals surface area contributed by atoms with Crippen molar-refractivity contribution in [1.82, 2.24) is 5.32 Å². The van der Waals surface area contributed by atoms with Gasteiger partial charge in [0.2, 0.25) is 0 Å². The van der Waals surface area contributed by atoms with Crippen LogP contribution in [0.4, 0.5) is 0 Å². The van der Waals surface area contributed by atoms with Gasteiger partial charge >= 0.3 is 5.97 Å². The van der Waals surface area contributed by atoms with Gasteiger partial charge in [-0.05, 0) is 24.6 Å². The molecule has 0 spiro atoms. The molecule has 0 aromatic heterocycles. The van der Waals surface area contributed by atoms with Crippen LogP contribution in [-0.4, -0.2) is 31.8 Å². The molecule has 92 valence electrons. The minimum atomic E-state index is -0.241. The van der Waals surface area contributed by atoms with Crippen molar-refractivity contribution in [1.29, 1.82) is 0 Å². The summed E-state index contributed by atoms with van der Waals surface area (Å²) in [5, 5.41) is 3.09. The normalized spacial score (nSPS) is 23.4. The Labute approximate surface area is 101 Å². The highest BCUT2D eigenvalue weighted by Crippen LogP contribution is 2.18. The lowest BCUT2D eigenvalue weighted by atomic mass is 10.2. The highest BCUT2D eigenvalue weighted by atomic mass is 16.5. The van der Waals surface area contributed by atoms with Gasteiger partial charge in [0.15, 0.2) is 0 Å². The summed E-state index contributed by atoms with van der Waals surface area (Å²) in [5.74, 6) is 0.627. The Hall–Kier alpha value is -1.55. The average molecular weight is 235 g/mol. The van der Waals surface area contributed by atoms with Crippen molar-refractivity contribution >= 4 is 5.97 Å². The molecule has 2 rings (SSSR count). The Morgan fingerprint density at radius 3 is 3.00 bits per heavy atom. The molecule has 1 saturated heterocycles. The van der Waals surface area contributed by atoms with E-state index in [2.05, 4.69) is 5.32 Å². The first-order valence-electron chi connectivity index (χ1n) is 5.73. The van der Waals surface area contributed by atoms with Crippen molar-refractivity contribution in [3.8, 4) is 5.75 Å². The lowest BCUT2D eigenvalue weighted by Crippen LogP contribution is -2.31. The number of benzene rings is 1. The van der Waals surface area contributed by atoms with E-state index >= 15 is 0 Å². The van der Waals surface area contributed by atoms with E-state index in [0.29, 0.717) is 13.0 Å². The Kier molecular flexibility index (Phi) is 3.64. The van der Waals surface area contributed by atoms with Crippen LogP contribution in [0, 0.1) is 6.92 Å². The summed E-state index contributed by atoms with van der Waals surface area (Å²) >= 11 is 0. The molecule has 1 fully saturated rings. The van der Waals surface area contributed by atoms with E-state index in [4.69, 9.17) is 9.47 Å². The molecular formula is C13H17NO3. The molecule has 0 unspecified atom stereocenters. The SMILES string of the molecule is COC(=O)[C@H]1C[C@@H](Oc2cccc(C)c2)CN1. The molecule has 1 aliphatic heterocycles. The summed E-state index contributed by atoms with van der Waals surface area (Å²) in [4.78, 5) is 11.3. The molecule has 4 nitrogen and oxygen atoms in total. The van der Waals surface area contributed by atoms with E-state index < -0.39 is 0 Å². The third-order valence-corrected chi connectivity index (χ3v) is 2.87. The standard InChI is InChI=1S/C13H17NO3/c1-9-4-3-5-10(6-9)17-11-7-12(14-8-11)13(15)16-2/h3-6,11-12,14H,7-8H2,1-2H3/t11-,12-/m1/s1. The smallest absolute Gasteiger partial charge is 0.323 e. The zero-order chi connectivity index (χ0) is 12.3. The summed E-state index contributed by atoms with van der Waals surface area (Å²) < 4.78 is 10.5. The summed E-state index contributed by atoms with van der Waals surface area (Å²) in [6.07, 6.45) is 0.682. The summed E-state index contributed by atoms with van der Waals surface area (Å²) in [7, 11) is 1.40. The molecule has 1 aliphatic rings. The molecule has 17 heavy (non-hydrogen) atoms. The second kappa shape index (κ2) is 5.19. The van der Waals surface area contributed by atoms with Crippen LogP contribution in [0.5, 0.6) is 5.75 Å². The summed E-state index contributed by atoms with van der Waals surface area (Å²) in [6, 6.07) is 7.67. The number of aryl methyl sites for hydroxylation is 1. The highest BCUT2D eigenvalue weighted by Gasteiger charge is 2.31. The Morgan fingerprint density at radius 1 is 1.47 bits per heavy atom. The van der Waals surface area contributed by atoms with Gasteiger partial charge in [-0.25, -0.2) is 0 Å². The number of nitrogens with one attached hydrogen (secondary N) is 1. The van der Waals surface area contributed by atoms with E-state index in [1.807, 2.05) is 31.2 Å². The largest absolute Gasteiger partial charge is 0.489 e. The zero-order valence-electron chi connectivity index (χ0n) is 10.1. The van der Waals surface area contributed by atoms with Crippen LogP contribution in [0.25, 0.3) is 0 Å². The minimum Gasteiger partial charge on any atom is -0.489 e. The first-order chi connectivity index (χ1) is 8.19. The first kappa shape index (κ1) is 11.9. The number of carbonyl (C=O) groups excluding carboxylic acids is 1. The van der Waals surface area contributed by atoms with Crippen molar-refractivity contribution in [2.75, 3.05) is 13.7 Å². The van der Waals surface area contributed by atoms with Gasteiger partial charge in [-0.2, -0.15) is 0 Å². The van der Waals surface area contributed by atoms with E-state index in [1.54, 1.807) is 0 Å². The summed E-state index contributed by atoms with van der Waals surface area (Å²) in [6.45, 7) is 2.70. The minimum absolute atomic E-state index is 0.0286. The van der Waals surface area contributed by atoms with Crippen LogP contribution in [0.15, 0.2) is 24.3 Å². The molecule has 4 heteroatoms. The van der Waals surface area contributed by atoms with Crippen LogP contribution in [0.2, 0.25) is 0 Å². The fourth-order valence-corrected chi connectivity index (χ4v) is 2.00. The van der Waals surface area contributed by atoms with Gasteiger partial charge in [-0.1, -0.05) is 12.1 Å². The third kappa shape index (κ3) is 2.97. The first-order valence-corrected chi connectivity index (χ1v) is 5.73. The zero-order valence-corrected chi connectivity index (χ0v) is 10.1. The molecule has 0 amide bonds. The van der Waals surface area contributed by atoms with Gasteiger partial charge < -0.3 is 14.8 Å². The topological polar surface area (TPSA) is 47.6 Å². The number of rotatable bonds is 3. The molecule has 2 atom stereocenters. The molecule has 1 aromatic rings. The Morgan fingerprint density at radius 2 is 2.29 bits per heavy atom. The van der Waals surface area contributed by atoms with Gasteiger partial charge in [-0.15, -0.1) is 0 Å². The number of carbonyl (C=O) groups is 1. The molecule has 1 aromatic carbocycles. The van der Waals surface area contributed by atoms with Crippen molar-refractivity contribution in [3.63, 3.8) is 0 Å². The third-order valence-electron chi connectivity index (χ3n) is 2.87. The molecule has 1 N–H and O–H groups in total. The fraction of sp³-hybridized carbons (Fsp3) is 0.462. The molecule has 0 aliphatic carbocycles. The van der Waals surface area contributed by atoms with Crippen LogP contribution < -0.4 is 10.1 Å². The number of methoxy groups -OCH3 is 1. The molecule has 0 bridgehead atoms. The monoisotopic (exact) mass is 235 g/mol. The van der Waals surface area contributed by atoms with Gasteiger partial charge in [0.05, 0.1) is 7.11 Å². The number of hydrogen-bond acceptors (Lipinski definition) is 4. The molecule has 1 heterocycles. The lowest BCUT2D eigenvalue weighted by molar-refractivity contribution is -0.142. The van der Waals surface area contributed by atoms with Crippen molar-refractivity contribution in [2.24, 2.45) is 0 Å². The Balaban J connectivity index is 1.92. The van der Waals surface area contributed by atoms with Gasteiger partial charge in [0.1, 0.15) is 17.9 Å². The quantitative estimate of drug-likeness (QED) is 0.802. The fourth-order valence-electron chi connectivity index (χ4n) is 2.00. The van der Waals surface area contributed by atoms with Gasteiger partial charge in [-0.3, -0.25) is 4.79 Å². The predicted octanol–water partition coefficient (Wildman–Crippen LogP) is 1.28. The maximum absolute atomic E-state index is 11.3. The van der Waals surface area contributed by atoms with E-state index in [1.165, 1.54) is 7.11 Å². The van der Waals surface area contributed by atoms with Crippen LogP contribution in [-0.2, 0) is 9.53 Å². The summed E-state index contributed by atoms with van der Waals surface area (Å²) in [5.41, 5.74) is 1.16. The van der Waals surface area contributed by atoms with Crippen LogP contribution in [0.1, 0.15) is 12.0 Å². The van der Waals surface area contributed by atoms with E-state index in [0.717, 1.165) is 11.3 Å². The predicted molar refractivity (Wildman–Crippen MR) is 64.0 cm³/mol. The van der Waals surface area contributed by atoms with Gasteiger partial charge in [0.25, 0.3) is 0 Å². The second-order valence-electron chi connectivity index (χ2n) is 4.28. The second-order valence-corrected chi connectivity index (χ2v) is 4.28. The molecular weight excluding hydrogens is 218 g/mol. The molecule has 0 radical (unpaired) electrons. The number of hydrogen-bond donors (Lipinski definition) is 1. The highest BCUT2D eigenvalue weighted by molar-refractivity contribution is 5.76. The Bertz CT molecular complexity index is 405. The lowest BCUT2D eigenvalue weighted by Gasteiger charge is -2.13. The van der Waals surface area contributed by atoms with Crippen molar-refractivity contribution < 1.29 is 14.3 Å². The maximum Gasteiger partial charge on any atom is 0.323 e. The van der Waals surface area contributed by atoms with Gasteiger partial charge in [0, 0.05) is 13.0 Å². The number of esters is 1. The van der Waals surface area contributed by atoms with E-state index in [-0.39, 0.29) is 18.1 Å². The van der Waals surface area contributed by atoms with Crippen molar-refractivity contribution in [2.45, 2.75) is 25.5 Å². The average Bonchev–Trinajstić information content (AvgIpc) is 2.76. The molecule has 0 saturated carbocycles. The van der Waals surface area contributed by atoms with Crippen LogP contribution in [0.3, 0.4) is 0 Å².